The minimum Gasteiger partial charge on any atom is -0.337 e. The molecule has 1 atom stereocenters. The zero-order chi connectivity index (χ0) is 22.0. The first-order chi connectivity index (χ1) is 14.9. The van der Waals surface area contributed by atoms with Gasteiger partial charge in [-0.2, -0.15) is 16.1 Å². The number of hydrogen-bond acceptors (Lipinski definition) is 5. The van der Waals surface area contributed by atoms with E-state index in [0.717, 1.165) is 29.1 Å². The Labute approximate surface area is 189 Å². The summed E-state index contributed by atoms with van der Waals surface area (Å²) in [5.74, 6) is 1.49. The second kappa shape index (κ2) is 9.32. The summed E-state index contributed by atoms with van der Waals surface area (Å²) in [6.07, 6.45) is 0.924. The fourth-order valence-electron chi connectivity index (χ4n) is 4.14. The normalized spacial score (nSPS) is 20.4. The van der Waals surface area contributed by atoms with Gasteiger partial charge in [0.1, 0.15) is 0 Å². The molecule has 2 aliphatic rings. The van der Waals surface area contributed by atoms with Gasteiger partial charge in [-0.25, -0.2) is 8.42 Å². The van der Waals surface area contributed by atoms with Gasteiger partial charge >= 0.3 is 0 Å². The van der Waals surface area contributed by atoms with Crippen LogP contribution in [-0.4, -0.2) is 86.3 Å². The number of carbonyl (C=O) groups is 1. The Hall–Kier alpha value is -1.87. The second-order valence-corrected chi connectivity index (χ2v) is 11.4. The molecule has 8 heteroatoms. The van der Waals surface area contributed by atoms with Crippen LogP contribution in [0.3, 0.4) is 0 Å². The SMILES string of the molecule is CN(C)C1CCN(C(=O)c2cc(-c3ccccc3)cc(S(=O)(=O)N3CCSCC3)c2)C1. The molecule has 0 aromatic heterocycles. The van der Waals surface area contributed by atoms with Gasteiger partial charge in [0, 0.05) is 49.3 Å². The summed E-state index contributed by atoms with van der Waals surface area (Å²) < 4.78 is 28.3. The molecule has 6 nitrogen and oxygen atoms in total. The van der Waals surface area contributed by atoms with Crippen LogP contribution < -0.4 is 0 Å². The Morgan fingerprint density at radius 2 is 1.71 bits per heavy atom. The van der Waals surface area contributed by atoms with Crippen LogP contribution in [0.2, 0.25) is 0 Å². The van der Waals surface area contributed by atoms with Crippen molar-refractivity contribution < 1.29 is 13.2 Å². The predicted octanol–water partition coefficient (Wildman–Crippen LogP) is 2.87. The highest BCUT2D eigenvalue weighted by molar-refractivity contribution is 7.99. The second-order valence-electron chi connectivity index (χ2n) is 8.29. The minimum absolute atomic E-state index is 0.104. The van der Waals surface area contributed by atoms with E-state index in [-0.39, 0.29) is 10.8 Å². The lowest BCUT2D eigenvalue weighted by atomic mass is 10.0. The summed E-state index contributed by atoms with van der Waals surface area (Å²) in [7, 11) is 0.393. The molecule has 1 unspecified atom stereocenters. The molecule has 4 rings (SSSR count). The first kappa shape index (κ1) is 22.3. The topological polar surface area (TPSA) is 60.9 Å². The summed E-state index contributed by atoms with van der Waals surface area (Å²) in [6, 6.07) is 15.1. The highest BCUT2D eigenvalue weighted by Crippen LogP contribution is 2.29. The molecule has 0 spiro atoms. The molecular formula is C23H29N3O3S2. The lowest BCUT2D eigenvalue weighted by Crippen LogP contribution is -2.38. The number of thioether (sulfide) groups is 1. The summed E-state index contributed by atoms with van der Waals surface area (Å²) in [6.45, 7) is 2.35. The lowest BCUT2D eigenvalue weighted by molar-refractivity contribution is 0.0783. The van der Waals surface area contributed by atoms with Crippen LogP contribution >= 0.6 is 11.8 Å². The average molecular weight is 460 g/mol. The van der Waals surface area contributed by atoms with Gasteiger partial charge in [-0.1, -0.05) is 30.3 Å². The fraction of sp³-hybridized carbons (Fsp3) is 0.435. The maximum Gasteiger partial charge on any atom is 0.253 e. The van der Waals surface area contributed by atoms with Crippen LogP contribution in [0.1, 0.15) is 16.8 Å². The first-order valence-electron chi connectivity index (χ1n) is 10.6. The molecule has 166 valence electrons. The number of nitrogens with zero attached hydrogens (tertiary/aromatic N) is 3. The minimum atomic E-state index is -3.66. The number of sulfonamides is 1. The standard InChI is InChI=1S/C23H29N3O3S2/c1-24(2)21-8-9-25(17-21)23(27)20-14-19(18-6-4-3-5-7-18)15-22(16-20)31(28,29)26-10-12-30-13-11-26/h3-7,14-16,21H,8-13,17H2,1-2H3. The van der Waals surface area contributed by atoms with Crippen molar-refractivity contribution in [3.8, 4) is 11.1 Å². The van der Waals surface area contributed by atoms with Crippen molar-refractivity contribution >= 4 is 27.7 Å². The molecular weight excluding hydrogens is 430 g/mol. The van der Waals surface area contributed by atoms with E-state index in [4.69, 9.17) is 0 Å². The number of benzene rings is 2. The molecule has 31 heavy (non-hydrogen) atoms. The molecule has 2 saturated heterocycles. The molecule has 2 aliphatic heterocycles. The van der Waals surface area contributed by atoms with Gasteiger partial charge in [0.2, 0.25) is 10.0 Å². The Bertz CT molecular complexity index is 1040. The van der Waals surface area contributed by atoms with E-state index < -0.39 is 10.0 Å². The number of rotatable bonds is 5. The number of likely N-dealkylation sites (tertiary alicyclic amines) is 1. The van der Waals surface area contributed by atoms with Crippen molar-refractivity contribution in [3.05, 3.63) is 54.1 Å². The summed E-state index contributed by atoms with van der Waals surface area (Å²) >= 11 is 1.77. The largest absolute Gasteiger partial charge is 0.337 e. The van der Waals surface area contributed by atoms with Crippen molar-refractivity contribution in [2.24, 2.45) is 0 Å². The average Bonchev–Trinajstić information content (AvgIpc) is 3.30. The highest BCUT2D eigenvalue weighted by Gasteiger charge is 2.31. The van der Waals surface area contributed by atoms with Crippen LogP contribution in [-0.2, 0) is 10.0 Å². The van der Waals surface area contributed by atoms with E-state index >= 15 is 0 Å². The number of hydrogen-bond donors (Lipinski definition) is 0. The lowest BCUT2D eigenvalue weighted by Gasteiger charge is -2.26. The van der Waals surface area contributed by atoms with E-state index in [1.165, 1.54) is 0 Å². The maximum absolute atomic E-state index is 13.4. The molecule has 0 radical (unpaired) electrons. The monoisotopic (exact) mass is 459 g/mol. The third-order valence-corrected chi connectivity index (χ3v) is 8.87. The molecule has 0 saturated carbocycles. The number of carbonyl (C=O) groups excluding carboxylic acids is 1. The molecule has 2 heterocycles. The molecule has 2 aromatic rings. The smallest absolute Gasteiger partial charge is 0.253 e. The van der Waals surface area contributed by atoms with Gasteiger partial charge in [0.25, 0.3) is 5.91 Å². The zero-order valence-corrected chi connectivity index (χ0v) is 19.7. The van der Waals surface area contributed by atoms with Crippen molar-refractivity contribution in [2.75, 3.05) is 51.8 Å². The van der Waals surface area contributed by atoms with Crippen LogP contribution in [0.5, 0.6) is 0 Å². The van der Waals surface area contributed by atoms with E-state index in [1.807, 2.05) is 55.4 Å². The van der Waals surface area contributed by atoms with Crippen molar-refractivity contribution in [2.45, 2.75) is 17.4 Å². The Balaban J connectivity index is 1.73. The van der Waals surface area contributed by atoms with Gasteiger partial charge in [-0.15, -0.1) is 0 Å². The van der Waals surface area contributed by atoms with Crippen LogP contribution in [0.4, 0.5) is 0 Å². The first-order valence-corrected chi connectivity index (χ1v) is 13.2. The summed E-state index contributed by atoms with van der Waals surface area (Å²) in [4.78, 5) is 17.5. The van der Waals surface area contributed by atoms with Crippen LogP contribution in [0.15, 0.2) is 53.4 Å². The van der Waals surface area contributed by atoms with Gasteiger partial charge in [-0.05, 0) is 49.8 Å². The van der Waals surface area contributed by atoms with Crippen molar-refractivity contribution in [3.63, 3.8) is 0 Å². The van der Waals surface area contributed by atoms with E-state index in [9.17, 15) is 13.2 Å². The van der Waals surface area contributed by atoms with Crippen molar-refractivity contribution in [1.29, 1.82) is 0 Å². The molecule has 0 bridgehead atoms. The van der Waals surface area contributed by atoms with Crippen LogP contribution in [0, 0.1) is 0 Å². The Kier molecular flexibility index (Phi) is 6.71. The zero-order valence-electron chi connectivity index (χ0n) is 18.0. The van der Waals surface area contributed by atoms with Gasteiger partial charge in [0.05, 0.1) is 4.90 Å². The van der Waals surface area contributed by atoms with Crippen molar-refractivity contribution in [1.82, 2.24) is 14.1 Å². The van der Waals surface area contributed by atoms with E-state index in [2.05, 4.69) is 4.90 Å². The Morgan fingerprint density at radius 3 is 2.35 bits per heavy atom. The number of amides is 1. The van der Waals surface area contributed by atoms with Gasteiger partial charge in [0.15, 0.2) is 0 Å². The van der Waals surface area contributed by atoms with Crippen LogP contribution in [0.25, 0.3) is 11.1 Å². The third-order valence-electron chi connectivity index (χ3n) is 6.05. The van der Waals surface area contributed by atoms with Gasteiger partial charge in [-0.3, -0.25) is 4.79 Å². The van der Waals surface area contributed by atoms with E-state index in [0.29, 0.717) is 37.8 Å². The highest BCUT2D eigenvalue weighted by atomic mass is 32.2. The molecule has 1 amide bonds. The quantitative estimate of drug-likeness (QED) is 0.688. The Morgan fingerprint density at radius 1 is 1.00 bits per heavy atom. The molecule has 0 N–H and O–H groups in total. The predicted molar refractivity (Wildman–Crippen MR) is 126 cm³/mol. The number of likely N-dealkylation sites (N-methyl/N-ethyl adjacent to an activating group) is 1. The van der Waals surface area contributed by atoms with E-state index in [1.54, 1.807) is 28.2 Å². The maximum atomic E-state index is 13.4. The molecule has 2 aromatic carbocycles. The van der Waals surface area contributed by atoms with Gasteiger partial charge < -0.3 is 9.80 Å². The third kappa shape index (κ3) is 4.82. The molecule has 2 fully saturated rings. The molecule has 0 aliphatic carbocycles. The summed E-state index contributed by atoms with van der Waals surface area (Å²) in [5.41, 5.74) is 2.08. The summed E-state index contributed by atoms with van der Waals surface area (Å²) in [5, 5.41) is 0. The fourth-order valence-corrected chi connectivity index (χ4v) is 6.78.